The van der Waals surface area contributed by atoms with E-state index in [-0.39, 0.29) is 48.6 Å². The van der Waals surface area contributed by atoms with Gasteiger partial charge in [-0.1, -0.05) is 51.1 Å². The number of hydrogen-bond acceptors (Lipinski definition) is 8. The van der Waals surface area contributed by atoms with Crippen LogP contribution in [0.4, 0.5) is 5.82 Å². The van der Waals surface area contributed by atoms with E-state index in [1.54, 1.807) is 19.2 Å². The zero-order valence-corrected chi connectivity index (χ0v) is 24.2. The minimum absolute atomic E-state index is 0.0319. The normalized spacial score (nSPS) is 11.8. The van der Waals surface area contributed by atoms with Crippen LogP contribution in [0.3, 0.4) is 0 Å². The monoisotopic (exact) mass is 559 g/mol. The van der Waals surface area contributed by atoms with Crippen LogP contribution in [0.2, 0.25) is 0 Å². The number of methoxy groups -OCH3 is 1. The summed E-state index contributed by atoms with van der Waals surface area (Å²) in [4.78, 5) is 11.2. The van der Waals surface area contributed by atoms with Crippen LogP contribution < -0.4 is 9.04 Å². The Morgan fingerprint density at radius 1 is 1.00 bits per heavy atom. The number of sulfonamides is 1. The predicted molar refractivity (Wildman–Crippen MR) is 148 cm³/mol. The molecule has 0 radical (unpaired) electrons. The van der Waals surface area contributed by atoms with Crippen LogP contribution in [0.25, 0.3) is 5.69 Å². The molecule has 3 rings (SSSR count). The average molecular weight is 560 g/mol. The molecule has 212 valence electrons. The van der Waals surface area contributed by atoms with Gasteiger partial charge in [-0.15, -0.1) is 5.10 Å². The van der Waals surface area contributed by atoms with Crippen molar-refractivity contribution in [2.45, 2.75) is 44.9 Å². The summed E-state index contributed by atoms with van der Waals surface area (Å²) < 4.78 is 52.2. The van der Waals surface area contributed by atoms with Crippen LogP contribution in [0.1, 0.15) is 38.8 Å². The van der Waals surface area contributed by atoms with Crippen molar-refractivity contribution in [3.05, 3.63) is 65.7 Å². The van der Waals surface area contributed by atoms with E-state index >= 15 is 0 Å². The van der Waals surface area contributed by atoms with E-state index in [1.165, 1.54) is 17.7 Å². The predicted octanol–water partition coefficient (Wildman–Crippen LogP) is 4.24. The van der Waals surface area contributed by atoms with Crippen LogP contribution >= 0.6 is 0 Å². The van der Waals surface area contributed by atoms with Gasteiger partial charge in [0.15, 0.2) is 5.82 Å². The fraction of sp³-hybridized carbons (Fsp3) is 0.429. The highest BCUT2D eigenvalue weighted by Gasteiger charge is 2.30. The number of aromatic nitrogens is 2. The quantitative estimate of drug-likeness (QED) is 0.174. The smallest absolute Gasteiger partial charge is 0.302 e. The Bertz CT molecular complexity index is 1350. The second-order valence-electron chi connectivity index (χ2n) is 9.89. The van der Waals surface area contributed by atoms with Gasteiger partial charge in [-0.25, -0.2) is 17.4 Å². The van der Waals surface area contributed by atoms with Crippen molar-refractivity contribution < 1.29 is 32.2 Å². The van der Waals surface area contributed by atoms with E-state index in [0.717, 1.165) is 15.4 Å². The fourth-order valence-electron chi connectivity index (χ4n) is 3.71. The van der Waals surface area contributed by atoms with E-state index in [9.17, 15) is 13.2 Å². The van der Waals surface area contributed by atoms with Crippen LogP contribution in [0.15, 0.2) is 59.5 Å². The Hall–Kier alpha value is -3.41. The number of ether oxygens (including phenoxy) is 4. The van der Waals surface area contributed by atoms with Gasteiger partial charge in [-0.2, -0.15) is 0 Å². The van der Waals surface area contributed by atoms with Gasteiger partial charge < -0.3 is 18.9 Å². The lowest BCUT2D eigenvalue weighted by molar-refractivity contribution is -0.141. The third-order valence-electron chi connectivity index (χ3n) is 5.85. The first-order chi connectivity index (χ1) is 18.4. The molecule has 0 N–H and O–H groups in total. The summed E-state index contributed by atoms with van der Waals surface area (Å²) >= 11 is 0. The summed E-state index contributed by atoms with van der Waals surface area (Å²) in [6, 6.07) is 15.8. The third kappa shape index (κ3) is 7.81. The third-order valence-corrected chi connectivity index (χ3v) is 7.60. The number of hydrogen-bond donors (Lipinski definition) is 0. The van der Waals surface area contributed by atoms with Gasteiger partial charge in [0.25, 0.3) is 10.0 Å². The molecule has 0 saturated heterocycles. The maximum atomic E-state index is 14.0. The lowest BCUT2D eigenvalue weighted by atomic mass is 9.87. The molecular weight excluding hydrogens is 522 g/mol. The second kappa shape index (κ2) is 13.1. The molecule has 3 aromatic rings. The molecule has 0 atom stereocenters. The maximum Gasteiger partial charge on any atom is 0.302 e. The minimum atomic E-state index is -4.09. The van der Waals surface area contributed by atoms with E-state index in [2.05, 4.69) is 25.9 Å². The summed E-state index contributed by atoms with van der Waals surface area (Å²) in [5, 5.41) is 4.54. The molecule has 11 heteroatoms. The maximum absolute atomic E-state index is 14.0. The zero-order chi connectivity index (χ0) is 28.6. The van der Waals surface area contributed by atoms with Gasteiger partial charge in [-0.3, -0.25) is 4.79 Å². The lowest BCUT2D eigenvalue weighted by Gasteiger charge is -2.25. The first kappa shape index (κ1) is 30.1. The summed E-state index contributed by atoms with van der Waals surface area (Å²) in [6.45, 7) is 9.71. The fourth-order valence-corrected chi connectivity index (χ4v) is 5.04. The number of aryl methyl sites for hydroxylation is 1. The molecule has 0 unspecified atom stereocenters. The van der Waals surface area contributed by atoms with Crippen molar-refractivity contribution in [1.29, 1.82) is 0 Å². The number of nitrogens with zero attached hydrogens (tertiary/aromatic N) is 3. The van der Waals surface area contributed by atoms with E-state index in [0.29, 0.717) is 12.3 Å². The molecular formula is C28H37N3O7S. The van der Waals surface area contributed by atoms with Gasteiger partial charge in [0, 0.05) is 20.1 Å². The molecule has 39 heavy (non-hydrogen) atoms. The molecule has 1 heterocycles. The highest BCUT2D eigenvalue weighted by atomic mass is 32.2. The Morgan fingerprint density at radius 3 is 2.31 bits per heavy atom. The molecule has 0 aliphatic carbocycles. The lowest BCUT2D eigenvalue weighted by Crippen LogP contribution is -2.35. The van der Waals surface area contributed by atoms with Crippen molar-refractivity contribution in [3.8, 4) is 11.6 Å². The molecule has 0 fully saturated rings. The van der Waals surface area contributed by atoms with Crippen LogP contribution in [0, 0.1) is 6.92 Å². The molecule has 0 amide bonds. The van der Waals surface area contributed by atoms with Crippen molar-refractivity contribution in [2.24, 2.45) is 0 Å². The van der Waals surface area contributed by atoms with Gasteiger partial charge in [-0.05, 0) is 41.7 Å². The van der Waals surface area contributed by atoms with Gasteiger partial charge in [0.05, 0.1) is 23.8 Å². The number of carbonyl (C=O) groups excluding carboxylic acids is 1. The Balaban J connectivity index is 2.08. The number of benzene rings is 2. The van der Waals surface area contributed by atoms with Crippen LogP contribution in [-0.4, -0.2) is 64.4 Å². The number of esters is 1. The first-order valence-electron chi connectivity index (χ1n) is 12.6. The number of rotatable bonds is 13. The summed E-state index contributed by atoms with van der Waals surface area (Å²) in [5.41, 5.74) is 2.42. The SMILES string of the molecule is COCCOCN(c1cc(OCCOC(C)=O)nn1-c1ccccc1C)S(=O)(=O)c1ccc(C(C)(C)C)cc1. The first-order valence-corrected chi connectivity index (χ1v) is 14.0. The highest BCUT2D eigenvalue weighted by molar-refractivity contribution is 7.92. The number of carbonyl (C=O) groups is 1. The number of para-hydroxylation sites is 1. The Kier molecular flexibility index (Phi) is 10.1. The summed E-state index contributed by atoms with van der Waals surface area (Å²) in [5.74, 6) is -0.0302. The van der Waals surface area contributed by atoms with E-state index in [4.69, 9.17) is 18.9 Å². The van der Waals surface area contributed by atoms with E-state index in [1.807, 2.05) is 43.3 Å². The Labute approximate surface area is 230 Å². The average Bonchev–Trinajstić information content (AvgIpc) is 3.29. The highest BCUT2D eigenvalue weighted by Crippen LogP contribution is 2.32. The molecule has 0 spiro atoms. The van der Waals surface area contributed by atoms with Crippen molar-refractivity contribution in [2.75, 3.05) is 44.6 Å². The minimum Gasteiger partial charge on any atom is -0.473 e. The summed E-state index contributed by atoms with van der Waals surface area (Å²) in [7, 11) is -2.55. The van der Waals surface area contributed by atoms with Crippen LogP contribution in [-0.2, 0) is 34.4 Å². The topological polar surface area (TPSA) is 109 Å². The molecule has 10 nitrogen and oxygen atoms in total. The van der Waals surface area contributed by atoms with Crippen molar-refractivity contribution in [1.82, 2.24) is 9.78 Å². The molecule has 0 aliphatic heterocycles. The molecule has 1 aromatic heterocycles. The standard InChI is InChI=1S/C28H37N3O7S/c1-21-9-7-8-10-25(21)31-27(19-26(29-31)38-18-17-37-22(2)32)30(20-36-16-15-35-6)39(33,34)24-13-11-23(12-14-24)28(3,4)5/h7-14,19H,15-18,20H2,1-6H3. The van der Waals surface area contributed by atoms with Gasteiger partial charge >= 0.3 is 5.97 Å². The molecule has 0 saturated carbocycles. The molecule has 2 aromatic carbocycles. The largest absolute Gasteiger partial charge is 0.473 e. The van der Waals surface area contributed by atoms with E-state index < -0.39 is 16.0 Å². The zero-order valence-electron chi connectivity index (χ0n) is 23.3. The Morgan fingerprint density at radius 2 is 1.69 bits per heavy atom. The summed E-state index contributed by atoms with van der Waals surface area (Å²) in [6.07, 6.45) is 0. The second-order valence-corrected chi connectivity index (χ2v) is 11.7. The van der Waals surface area contributed by atoms with Crippen molar-refractivity contribution >= 4 is 21.8 Å². The van der Waals surface area contributed by atoms with Crippen molar-refractivity contribution in [3.63, 3.8) is 0 Å². The van der Waals surface area contributed by atoms with Gasteiger partial charge in [0.2, 0.25) is 5.88 Å². The van der Waals surface area contributed by atoms with Gasteiger partial charge in [0.1, 0.15) is 19.9 Å². The molecule has 0 aliphatic rings. The molecule has 0 bridgehead atoms. The number of anilines is 1. The van der Waals surface area contributed by atoms with Crippen LogP contribution in [0.5, 0.6) is 5.88 Å².